The second-order valence-corrected chi connectivity index (χ2v) is 6.72. The van der Waals surface area contributed by atoms with Crippen LogP contribution in [-0.2, 0) is 9.53 Å². The number of morpholine rings is 1. The van der Waals surface area contributed by atoms with Crippen molar-refractivity contribution in [1.29, 1.82) is 0 Å². The molecule has 1 fully saturated rings. The number of pyridine rings is 1. The zero-order chi connectivity index (χ0) is 19.1. The summed E-state index contributed by atoms with van der Waals surface area (Å²) >= 11 is 0. The minimum atomic E-state index is -0.357. The molecule has 1 atom stereocenters. The molecule has 1 aromatic heterocycles. The monoisotopic (exact) mass is 369 g/mol. The normalized spacial score (nSPS) is 15.9. The van der Waals surface area contributed by atoms with Crippen LogP contribution in [0.15, 0.2) is 42.7 Å². The van der Waals surface area contributed by atoms with Crippen molar-refractivity contribution in [2.75, 3.05) is 39.5 Å². The van der Waals surface area contributed by atoms with E-state index in [1.807, 2.05) is 30.3 Å². The first-order valence-corrected chi connectivity index (χ1v) is 9.34. The Bertz CT molecular complexity index is 746. The Morgan fingerprint density at radius 1 is 1.26 bits per heavy atom. The molecule has 1 amide bonds. The number of amides is 1. The molecule has 0 radical (unpaired) electrons. The van der Waals surface area contributed by atoms with Gasteiger partial charge in [-0.15, -0.1) is 0 Å². The van der Waals surface area contributed by atoms with Gasteiger partial charge in [-0.2, -0.15) is 0 Å². The molecule has 2 heterocycles. The fraction of sp³-hybridized carbons (Fsp3) is 0.429. The summed E-state index contributed by atoms with van der Waals surface area (Å²) in [6.07, 6.45) is 3.47. The number of nitrogens with one attached hydrogen (secondary N) is 1. The first kappa shape index (κ1) is 19.3. The van der Waals surface area contributed by atoms with Crippen LogP contribution in [-0.4, -0.2) is 55.2 Å². The van der Waals surface area contributed by atoms with Crippen LogP contribution < -0.4 is 10.1 Å². The molecule has 1 unspecified atom stereocenters. The molecule has 27 heavy (non-hydrogen) atoms. The highest BCUT2D eigenvalue weighted by atomic mass is 16.5. The largest absolute Gasteiger partial charge is 0.492 e. The van der Waals surface area contributed by atoms with Gasteiger partial charge in [-0.25, -0.2) is 0 Å². The lowest BCUT2D eigenvalue weighted by molar-refractivity contribution is -0.128. The summed E-state index contributed by atoms with van der Waals surface area (Å²) in [5, 5.41) is 3.00. The van der Waals surface area contributed by atoms with Gasteiger partial charge >= 0.3 is 0 Å². The van der Waals surface area contributed by atoms with Crippen LogP contribution in [0.4, 0.5) is 0 Å². The predicted octanol–water partition coefficient (Wildman–Crippen LogP) is 2.27. The molecule has 144 valence electrons. The van der Waals surface area contributed by atoms with Gasteiger partial charge in [-0.3, -0.25) is 14.7 Å². The van der Waals surface area contributed by atoms with Crippen molar-refractivity contribution in [2.24, 2.45) is 0 Å². The summed E-state index contributed by atoms with van der Waals surface area (Å²) in [6, 6.07) is 9.46. The topological polar surface area (TPSA) is 63.7 Å². The van der Waals surface area contributed by atoms with Crippen molar-refractivity contribution < 1.29 is 14.3 Å². The molecule has 0 spiro atoms. The number of rotatable bonds is 7. The molecule has 0 saturated carbocycles. The molecular weight excluding hydrogens is 342 g/mol. The van der Waals surface area contributed by atoms with Crippen molar-refractivity contribution in [3.63, 3.8) is 0 Å². The molecule has 0 aliphatic carbocycles. The summed E-state index contributed by atoms with van der Waals surface area (Å²) in [5.74, 6) is 0.790. The van der Waals surface area contributed by atoms with E-state index in [2.05, 4.69) is 29.0 Å². The van der Waals surface area contributed by atoms with Gasteiger partial charge in [0, 0.05) is 25.5 Å². The van der Waals surface area contributed by atoms with Crippen molar-refractivity contribution in [2.45, 2.75) is 19.9 Å². The summed E-state index contributed by atoms with van der Waals surface area (Å²) in [4.78, 5) is 19.2. The van der Waals surface area contributed by atoms with Crippen LogP contribution in [0.2, 0.25) is 0 Å². The minimum absolute atomic E-state index is 0.0337. The van der Waals surface area contributed by atoms with Gasteiger partial charge in [0.2, 0.25) is 5.91 Å². The van der Waals surface area contributed by atoms with Gasteiger partial charge in [0.05, 0.1) is 19.8 Å². The second-order valence-electron chi connectivity index (χ2n) is 6.72. The smallest absolute Gasteiger partial charge is 0.242 e. The summed E-state index contributed by atoms with van der Waals surface area (Å²) < 4.78 is 11.2. The Kier molecular flexibility index (Phi) is 6.79. The number of aryl methyl sites for hydroxylation is 2. The maximum atomic E-state index is 12.9. The average Bonchev–Trinajstić information content (AvgIpc) is 2.70. The first-order chi connectivity index (χ1) is 13.1. The molecule has 6 heteroatoms. The molecule has 1 aliphatic rings. The van der Waals surface area contributed by atoms with Crippen LogP contribution in [0.3, 0.4) is 0 Å². The molecular formula is C21H27N3O3. The van der Waals surface area contributed by atoms with E-state index in [4.69, 9.17) is 9.47 Å². The molecule has 1 saturated heterocycles. The van der Waals surface area contributed by atoms with Crippen molar-refractivity contribution in [1.82, 2.24) is 15.2 Å². The summed E-state index contributed by atoms with van der Waals surface area (Å²) in [6.45, 7) is 7.75. The number of carbonyl (C=O) groups excluding carboxylic acids is 1. The third-order valence-corrected chi connectivity index (χ3v) is 4.81. The molecule has 0 bridgehead atoms. The van der Waals surface area contributed by atoms with E-state index in [0.717, 1.165) is 24.4 Å². The highest BCUT2D eigenvalue weighted by Crippen LogP contribution is 2.21. The Labute approximate surface area is 160 Å². The van der Waals surface area contributed by atoms with Crippen LogP contribution in [0.5, 0.6) is 5.75 Å². The lowest BCUT2D eigenvalue weighted by atomic mass is 10.1. The minimum Gasteiger partial charge on any atom is -0.492 e. The number of hydrogen-bond acceptors (Lipinski definition) is 5. The Hall–Kier alpha value is -2.44. The average molecular weight is 369 g/mol. The van der Waals surface area contributed by atoms with Crippen molar-refractivity contribution in [3.8, 4) is 5.75 Å². The molecule has 1 aromatic carbocycles. The van der Waals surface area contributed by atoms with Gasteiger partial charge in [0.25, 0.3) is 0 Å². The maximum Gasteiger partial charge on any atom is 0.242 e. The van der Waals surface area contributed by atoms with E-state index in [1.165, 1.54) is 11.1 Å². The zero-order valence-electron chi connectivity index (χ0n) is 16.0. The van der Waals surface area contributed by atoms with Gasteiger partial charge in [0.1, 0.15) is 18.4 Å². The third-order valence-electron chi connectivity index (χ3n) is 4.81. The van der Waals surface area contributed by atoms with E-state index in [9.17, 15) is 4.79 Å². The van der Waals surface area contributed by atoms with Gasteiger partial charge in [0.15, 0.2) is 0 Å². The quantitative estimate of drug-likeness (QED) is 0.759. The molecule has 1 N–H and O–H groups in total. The lowest BCUT2D eigenvalue weighted by Gasteiger charge is -2.33. The number of nitrogens with zero attached hydrogens (tertiary/aromatic N) is 2. The van der Waals surface area contributed by atoms with Crippen molar-refractivity contribution in [3.05, 3.63) is 59.4 Å². The predicted molar refractivity (Wildman–Crippen MR) is 104 cm³/mol. The summed E-state index contributed by atoms with van der Waals surface area (Å²) in [5.41, 5.74) is 3.33. The third kappa shape index (κ3) is 5.28. The van der Waals surface area contributed by atoms with Crippen LogP contribution >= 0.6 is 0 Å². The van der Waals surface area contributed by atoms with Gasteiger partial charge in [-0.05, 0) is 48.7 Å². The van der Waals surface area contributed by atoms with E-state index in [-0.39, 0.29) is 11.9 Å². The fourth-order valence-electron chi connectivity index (χ4n) is 3.14. The Morgan fingerprint density at radius 2 is 2.07 bits per heavy atom. The molecule has 6 nitrogen and oxygen atoms in total. The van der Waals surface area contributed by atoms with E-state index < -0.39 is 0 Å². The van der Waals surface area contributed by atoms with Crippen LogP contribution in [0, 0.1) is 13.8 Å². The van der Waals surface area contributed by atoms with Gasteiger partial charge in [-0.1, -0.05) is 12.1 Å². The number of ether oxygens (including phenoxy) is 2. The highest BCUT2D eigenvalue weighted by Gasteiger charge is 2.28. The summed E-state index contributed by atoms with van der Waals surface area (Å²) in [7, 11) is 0. The zero-order valence-corrected chi connectivity index (χ0v) is 16.0. The van der Waals surface area contributed by atoms with E-state index >= 15 is 0 Å². The Morgan fingerprint density at radius 3 is 2.78 bits per heavy atom. The van der Waals surface area contributed by atoms with Crippen molar-refractivity contribution >= 4 is 5.91 Å². The lowest BCUT2D eigenvalue weighted by Crippen LogP contribution is -2.46. The van der Waals surface area contributed by atoms with Crippen LogP contribution in [0.1, 0.15) is 22.7 Å². The molecule has 3 rings (SSSR count). The maximum absolute atomic E-state index is 12.9. The fourth-order valence-corrected chi connectivity index (χ4v) is 3.14. The standard InChI is InChI=1S/C21H27N3O3/c1-16-5-6-19(14-17(16)2)27-11-8-23-21(25)20(18-4-3-7-22-15-18)24-9-12-26-13-10-24/h3-7,14-15,20H,8-13H2,1-2H3,(H,23,25). The second kappa shape index (κ2) is 9.48. The molecule has 2 aromatic rings. The molecule has 1 aliphatic heterocycles. The Balaban J connectivity index is 1.56. The number of hydrogen-bond donors (Lipinski definition) is 1. The number of carbonyl (C=O) groups is 1. The SMILES string of the molecule is Cc1ccc(OCCNC(=O)C(c2cccnc2)N2CCOCC2)cc1C. The number of benzene rings is 1. The van der Waals surface area contributed by atoms with Crippen LogP contribution in [0.25, 0.3) is 0 Å². The van der Waals surface area contributed by atoms with E-state index in [0.29, 0.717) is 26.4 Å². The first-order valence-electron chi connectivity index (χ1n) is 9.34. The van der Waals surface area contributed by atoms with E-state index in [1.54, 1.807) is 12.4 Å². The highest BCUT2D eigenvalue weighted by molar-refractivity contribution is 5.83. The number of aromatic nitrogens is 1. The van der Waals surface area contributed by atoms with Gasteiger partial charge < -0.3 is 14.8 Å².